The number of ether oxygens (including phenoxy) is 1. The fourth-order valence-electron chi connectivity index (χ4n) is 2.72. The number of rotatable bonds is 7. The average Bonchev–Trinajstić information content (AvgIpc) is 2.61. The van der Waals surface area contributed by atoms with Gasteiger partial charge in [0.2, 0.25) is 5.91 Å². The molecule has 2 rings (SSSR count). The van der Waals surface area contributed by atoms with E-state index in [-0.39, 0.29) is 32.0 Å². The van der Waals surface area contributed by atoms with Gasteiger partial charge in [-0.25, -0.2) is 0 Å². The largest absolute Gasteiger partial charge is 0.465 e. The SMILES string of the molecule is CCOC(=O)CN(Cc1ccc(C(F)(F)F)cc1)C(=O)Cc1cccc(C)c1. The zero-order chi connectivity index (χ0) is 20.7. The van der Waals surface area contributed by atoms with Gasteiger partial charge in [0.25, 0.3) is 0 Å². The second-order valence-electron chi connectivity index (χ2n) is 6.42. The molecule has 0 heterocycles. The van der Waals surface area contributed by atoms with E-state index in [9.17, 15) is 22.8 Å². The van der Waals surface area contributed by atoms with Gasteiger partial charge in [-0.05, 0) is 37.1 Å². The first-order valence-corrected chi connectivity index (χ1v) is 8.84. The Morgan fingerprint density at radius 2 is 1.71 bits per heavy atom. The Kier molecular flexibility index (Phi) is 7.20. The van der Waals surface area contributed by atoms with Crippen molar-refractivity contribution in [2.24, 2.45) is 0 Å². The highest BCUT2D eigenvalue weighted by Gasteiger charge is 2.30. The monoisotopic (exact) mass is 393 g/mol. The van der Waals surface area contributed by atoms with Crippen molar-refractivity contribution in [1.29, 1.82) is 0 Å². The molecule has 0 radical (unpaired) electrons. The van der Waals surface area contributed by atoms with Crippen molar-refractivity contribution >= 4 is 11.9 Å². The highest BCUT2D eigenvalue weighted by atomic mass is 19.4. The molecule has 2 aromatic carbocycles. The molecule has 0 saturated heterocycles. The fraction of sp³-hybridized carbons (Fsp3) is 0.333. The standard InChI is InChI=1S/C21H22F3NO3/c1-3-28-20(27)14-25(19(26)12-17-6-4-5-15(2)11-17)13-16-7-9-18(10-8-16)21(22,23)24/h4-11H,3,12-14H2,1-2H3. The maximum Gasteiger partial charge on any atom is 0.416 e. The molecule has 0 saturated carbocycles. The summed E-state index contributed by atoms with van der Waals surface area (Å²) in [5.74, 6) is -0.870. The van der Waals surface area contributed by atoms with Crippen LogP contribution in [0.3, 0.4) is 0 Å². The molecule has 0 unspecified atom stereocenters. The number of aryl methyl sites for hydroxylation is 1. The van der Waals surface area contributed by atoms with Crippen LogP contribution in [-0.2, 0) is 33.5 Å². The van der Waals surface area contributed by atoms with Crippen LogP contribution < -0.4 is 0 Å². The van der Waals surface area contributed by atoms with E-state index >= 15 is 0 Å². The van der Waals surface area contributed by atoms with Crippen molar-refractivity contribution in [3.8, 4) is 0 Å². The second kappa shape index (κ2) is 9.39. The minimum atomic E-state index is -4.43. The van der Waals surface area contributed by atoms with E-state index in [4.69, 9.17) is 4.74 Å². The maximum absolute atomic E-state index is 12.7. The van der Waals surface area contributed by atoms with Crippen molar-refractivity contribution < 1.29 is 27.5 Å². The Morgan fingerprint density at radius 3 is 2.29 bits per heavy atom. The molecular weight excluding hydrogens is 371 g/mol. The van der Waals surface area contributed by atoms with E-state index in [0.717, 1.165) is 23.3 Å². The van der Waals surface area contributed by atoms with E-state index in [0.29, 0.717) is 5.56 Å². The second-order valence-corrected chi connectivity index (χ2v) is 6.42. The Morgan fingerprint density at radius 1 is 1.04 bits per heavy atom. The molecule has 1 amide bonds. The number of amides is 1. The van der Waals surface area contributed by atoms with Crippen LogP contribution in [0.25, 0.3) is 0 Å². The smallest absolute Gasteiger partial charge is 0.416 e. The lowest BCUT2D eigenvalue weighted by molar-refractivity contribution is -0.149. The van der Waals surface area contributed by atoms with Gasteiger partial charge in [0, 0.05) is 6.54 Å². The van der Waals surface area contributed by atoms with Crippen molar-refractivity contribution in [1.82, 2.24) is 4.90 Å². The van der Waals surface area contributed by atoms with Gasteiger partial charge in [-0.2, -0.15) is 13.2 Å². The Hall–Kier alpha value is -2.83. The topological polar surface area (TPSA) is 46.6 Å². The molecule has 2 aromatic rings. The third-order valence-electron chi connectivity index (χ3n) is 4.07. The Bertz CT molecular complexity index is 816. The van der Waals surface area contributed by atoms with Crippen molar-refractivity contribution in [2.75, 3.05) is 13.2 Å². The summed E-state index contributed by atoms with van der Waals surface area (Å²) in [6.07, 6.45) is -4.34. The molecule has 0 spiro atoms. The molecule has 7 heteroatoms. The first-order chi connectivity index (χ1) is 13.2. The summed E-state index contributed by atoms with van der Waals surface area (Å²) in [6, 6.07) is 12.0. The Labute approximate surface area is 161 Å². The fourth-order valence-corrected chi connectivity index (χ4v) is 2.72. The lowest BCUT2D eigenvalue weighted by atomic mass is 10.1. The number of alkyl halides is 3. The quantitative estimate of drug-likeness (QED) is 0.664. The first-order valence-electron chi connectivity index (χ1n) is 8.84. The number of hydrogen-bond donors (Lipinski definition) is 0. The average molecular weight is 393 g/mol. The van der Waals surface area contributed by atoms with E-state index < -0.39 is 17.7 Å². The number of esters is 1. The summed E-state index contributed by atoms with van der Waals surface area (Å²) >= 11 is 0. The first kappa shape index (κ1) is 21.5. The minimum Gasteiger partial charge on any atom is -0.465 e. The number of carbonyl (C=O) groups excluding carboxylic acids is 2. The van der Waals surface area contributed by atoms with Crippen LogP contribution in [0, 0.1) is 6.92 Å². The lowest BCUT2D eigenvalue weighted by Crippen LogP contribution is -2.37. The van der Waals surface area contributed by atoms with Crippen LogP contribution in [0.5, 0.6) is 0 Å². The molecule has 0 aromatic heterocycles. The van der Waals surface area contributed by atoms with Gasteiger partial charge >= 0.3 is 12.1 Å². The van der Waals surface area contributed by atoms with Crippen LogP contribution in [0.2, 0.25) is 0 Å². The third kappa shape index (κ3) is 6.40. The summed E-state index contributed by atoms with van der Waals surface area (Å²) < 4.78 is 43.1. The van der Waals surface area contributed by atoms with E-state index in [1.807, 2.05) is 31.2 Å². The van der Waals surface area contributed by atoms with Gasteiger partial charge in [0.05, 0.1) is 18.6 Å². The summed E-state index contributed by atoms with van der Waals surface area (Å²) in [5.41, 5.74) is 1.53. The predicted octanol–water partition coefficient (Wildman–Crippen LogP) is 4.15. The maximum atomic E-state index is 12.7. The zero-order valence-corrected chi connectivity index (χ0v) is 15.8. The summed E-state index contributed by atoms with van der Waals surface area (Å²) in [6.45, 7) is 3.50. The van der Waals surface area contributed by atoms with Gasteiger partial charge in [-0.1, -0.05) is 42.0 Å². The highest BCUT2D eigenvalue weighted by molar-refractivity contribution is 5.83. The van der Waals surface area contributed by atoms with Gasteiger partial charge in [0.1, 0.15) is 6.54 Å². The van der Waals surface area contributed by atoms with Crippen molar-refractivity contribution in [2.45, 2.75) is 33.0 Å². The van der Waals surface area contributed by atoms with Crippen LogP contribution in [0.15, 0.2) is 48.5 Å². The molecule has 0 aliphatic carbocycles. The molecular formula is C21H22F3NO3. The van der Waals surface area contributed by atoms with Crippen molar-refractivity contribution in [3.63, 3.8) is 0 Å². The molecule has 0 atom stereocenters. The Balaban J connectivity index is 2.16. The summed E-state index contributed by atoms with van der Waals surface area (Å²) in [7, 11) is 0. The summed E-state index contributed by atoms with van der Waals surface area (Å²) in [4.78, 5) is 25.9. The van der Waals surface area contributed by atoms with Gasteiger partial charge in [-0.15, -0.1) is 0 Å². The molecule has 0 fully saturated rings. The molecule has 4 nitrogen and oxygen atoms in total. The molecule has 0 aliphatic rings. The minimum absolute atomic E-state index is 0.0155. The number of hydrogen-bond acceptors (Lipinski definition) is 3. The van der Waals surface area contributed by atoms with Gasteiger partial charge in [-0.3, -0.25) is 9.59 Å². The van der Waals surface area contributed by atoms with Gasteiger partial charge < -0.3 is 9.64 Å². The lowest BCUT2D eigenvalue weighted by Gasteiger charge is -2.22. The molecule has 0 N–H and O–H groups in total. The van der Waals surface area contributed by atoms with E-state index in [2.05, 4.69) is 0 Å². The van der Waals surface area contributed by atoms with Crippen LogP contribution in [-0.4, -0.2) is 29.9 Å². The predicted molar refractivity (Wildman–Crippen MR) is 98.4 cm³/mol. The summed E-state index contributed by atoms with van der Waals surface area (Å²) in [5, 5.41) is 0. The number of nitrogens with zero attached hydrogens (tertiary/aromatic N) is 1. The molecule has 0 aliphatic heterocycles. The molecule has 150 valence electrons. The van der Waals surface area contributed by atoms with E-state index in [1.54, 1.807) is 6.92 Å². The number of carbonyl (C=O) groups is 2. The van der Waals surface area contributed by atoms with Crippen LogP contribution in [0.4, 0.5) is 13.2 Å². The number of benzene rings is 2. The highest BCUT2D eigenvalue weighted by Crippen LogP contribution is 2.29. The molecule has 28 heavy (non-hydrogen) atoms. The zero-order valence-electron chi connectivity index (χ0n) is 15.8. The molecule has 0 bridgehead atoms. The van der Waals surface area contributed by atoms with Gasteiger partial charge in [0.15, 0.2) is 0 Å². The van der Waals surface area contributed by atoms with Crippen molar-refractivity contribution in [3.05, 3.63) is 70.8 Å². The van der Waals surface area contributed by atoms with E-state index in [1.165, 1.54) is 17.0 Å². The third-order valence-corrected chi connectivity index (χ3v) is 4.07. The number of halogens is 3. The van der Waals surface area contributed by atoms with Crippen LogP contribution in [0.1, 0.15) is 29.2 Å². The van der Waals surface area contributed by atoms with Crippen LogP contribution >= 0.6 is 0 Å². The normalized spacial score (nSPS) is 11.2.